The van der Waals surface area contributed by atoms with Gasteiger partial charge in [0.2, 0.25) is 0 Å². The summed E-state index contributed by atoms with van der Waals surface area (Å²) in [5, 5.41) is 4.23. The van der Waals surface area contributed by atoms with Crippen LogP contribution in [0.15, 0.2) is 68.0 Å². The summed E-state index contributed by atoms with van der Waals surface area (Å²) in [5.41, 5.74) is 1.48. The summed E-state index contributed by atoms with van der Waals surface area (Å²) < 4.78 is 1.69. The number of hydrogen-bond acceptors (Lipinski definition) is 2. The first-order valence-electron chi connectivity index (χ1n) is 6.37. The van der Waals surface area contributed by atoms with E-state index in [9.17, 15) is 4.79 Å². The summed E-state index contributed by atoms with van der Waals surface area (Å²) in [6.07, 6.45) is 6.71. The molecule has 1 aromatic heterocycles. The number of rotatable bonds is 6. The van der Waals surface area contributed by atoms with Crippen LogP contribution in [0.1, 0.15) is 10.4 Å². The molecule has 0 aliphatic rings. The molecular formula is C16H17N3O. The van der Waals surface area contributed by atoms with E-state index >= 15 is 0 Å². The fourth-order valence-corrected chi connectivity index (χ4v) is 1.89. The maximum absolute atomic E-state index is 12.3. The lowest BCUT2D eigenvalue weighted by atomic mass is 10.3. The normalized spacial score (nSPS) is 10.0. The van der Waals surface area contributed by atoms with Gasteiger partial charge in [0, 0.05) is 19.3 Å². The van der Waals surface area contributed by atoms with Crippen molar-refractivity contribution in [2.45, 2.75) is 0 Å². The molecule has 0 unspecified atom stereocenters. The number of para-hydroxylation sites is 1. The topological polar surface area (TPSA) is 38.1 Å². The first kappa shape index (κ1) is 13.8. The minimum atomic E-state index is -0.0769. The van der Waals surface area contributed by atoms with Crippen LogP contribution in [0.25, 0.3) is 5.69 Å². The molecule has 4 heteroatoms. The Hall–Kier alpha value is -2.62. The van der Waals surface area contributed by atoms with E-state index in [2.05, 4.69) is 18.3 Å². The van der Waals surface area contributed by atoms with Crippen molar-refractivity contribution < 1.29 is 4.79 Å². The van der Waals surface area contributed by atoms with Crippen molar-refractivity contribution in [3.05, 3.63) is 73.6 Å². The SMILES string of the molecule is C=CCN(CC=C)C(=O)c1cnn(-c2ccccc2)c1. The molecule has 0 spiro atoms. The number of hydrogen-bond donors (Lipinski definition) is 0. The molecule has 1 heterocycles. The molecule has 0 saturated carbocycles. The van der Waals surface area contributed by atoms with E-state index in [0.29, 0.717) is 18.7 Å². The maximum Gasteiger partial charge on any atom is 0.257 e. The van der Waals surface area contributed by atoms with Gasteiger partial charge in [-0.25, -0.2) is 4.68 Å². The summed E-state index contributed by atoms with van der Waals surface area (Å²) in [4.78, 5) is 14.0. The number of carbonyl (C=O) groups excluding carboxylic acids is 1. The first-order chi connectivity index (χ1) is 9.76. The van der Waals surface area contributed by atoms with Crippen molar-refractivity contribution in [2.24, 2.45) is 0 Å². The van der Waals surface area contributed by atoms with Gasteiger partial charge in [-0.05, 0) is 12.1 Å². The third-order valence-electron chi connectivity index (χ3n) is 2.84. The fourth-order valence-electron chi connectivity index (χ4n) is 1.89. The van der Waals surface area contributed by atoms with Gasteiger partial charge in [0.1, 0.15) is 0 Å². The number of aromatic nitrogens is 2. The van der Waals surface area contributed by atoms with E-state index in [1.165, 1.54) is 0 Å². The summed E-state index contributed by atoms with van der Waals surface area (Å²) in [6, 6.07) is 9.68. The van der Waals surface area contributed by atoms with Crippen molar-refractivity contribution >= 4 is 5.91 Å². The smallest absolute Gasteiger partial charge is 0.257 e. The number of amides is 1. The largest absolute Gasteiger partial charge is 0.331 e. The zero-order valence-electron chi connectivity index (χ0n) is 11.3. The van der Waals surface area contributed by atoms with Gasteiger partial charge in [0.15, 0.2) is 0 Å². The van der Waals surface area contributed by atoms with Crippen molar-refractivity contribution in [1.29, 1.82) is 0 Å². The zero-order valence-corrected chi connectivity index (χ0v) is 11.3. The molecule has 0 bridgehead atoms. The molecule has 0 saturated heterocycles. The molecule has 20 heavy (non-hydrogen) atoms. The minimum Gasteiger partial charge on any atom is -0.331 e. The van der Waals surface area contributed by atoms with Gasteiger partial charge >= 0.3 is 0 Å². The van der Waals surface area contributed by atoms with Gasteiger partial charge in [-0.15, -0.1) is 13.2 Å². The summed E-state index contributed by atoms with van der Waals surface area (Å²) in [5.74, 6) is -0.0769. The first-order valence-corrected chi connectivity index (χ1v) is 6.37. The van der Waals surface area contributed by atoms with E-state index in [1.807, 2.05) is 30.3 Å². The maximum atomic E-state index is 12.3. The van der Waals surface area contributed by atoms with Gasteiger partial charge in [0.05, 0.1) is 17.4 Å². The monoisotopic (exact) mass is 267 g/mol. The molecule has 4 nitrogen and oxygen atoms in total. The quantitative estimate of drug-likeness (QED) is 0.755. The van der Waals surface area contributed by atoms with Crippen LogP contribution >= 0.6 is 0 Å². The second kappa shape index (κ2) is 6.52. The highest BCUT2D eigenvalue weighted by atomic mass is 16.2. The van der Waals surface area contributed by atoms with Crippen molar-refractivity contribution in [1.82, 2.24) is 14.7 Å². The van der Waals surface area contributed by atoms with E-state index in [0.717, 1.165) is 5.69 Å². The minimum absolute atomic E-state index is 0.0769. The Bertz CT molecular complexity index is 591. The van der Waals surface area contributed by atoms with Gasteiger partial charge in [-0.3, -0.25) is 4.79 Å². The van der Waals surface area contributed by atoms with E-state index in [4.69, 9.17) is 0 Å². The Balaban J connectivity index is 2.21. The van der Waals surface area contributed by atoms with Crippen molar-refractivity contribution in [2.75, 3.05) is 13.1 Å². The van der Waals surface area contributed by atoms with Crippen molar-refractivity contribution in [3.63, 3.8) is 0 Å². The lowest BCUT2D eigenvalue weighted by Crippen LogP contribution is -2.31. The van der Waals surface area contributed by atoms with E-state index < -0.39 is 0 Å². The highest BCUT2D eigenvalue weighted by molar-refractivity contribution is 5.94. The number of carbonyl (C=O) groups is 1. The Morgan fingerprint density at radius 2 is 1.85 bits per heavy atom. The average molecular weight is 267 g/mol. The number of nitrogens with zero attached hydrogens (tertiary/aromatic N) is 3. The Labute approximate surface area is 118 Å². The van der Waals surface area contributed by atoms with Crippen molar-refractivity contribution in [3.8, 4) is 5.69 Å². The fraction of sp³-hybridized carbons (Fsp3) is 0.125. The molecule has 0 atom stereocenters. The molecule has 2 rings (SSSR count). The highest BCUT2D eigenvalue weighted by Crippen LogP contribution is 2.10. The van der Waals surface area contributed by atoms with Crippen LogP contribution in [0, 0.1) is 0 Å². The second-order valence-electron chi connectivity index (χ2n) is 4.30. The molecule has 1 aromatic carbocycles. The molecule has 0 aliphatic carbocycles. The zero-order chi connectivity index (χ0) is 14.4. The predicted octanol–water partition coefficient (Wildman–Crippen LogP) is 2.69. The van der Waals surface area contributed by atoms with Crippen LogP contribution in [0.5, 0.6) is 0 Å². The third-order valence-corrected chi connectivity index (χ3v) is 2.84. The molecular weight excluding hydrogens is 250 g/mol. The molecule has 0 radical (unpaired) electrons. The number of benzene rings is 1. The third kappa shape index (κ3) is 3.03. The van der Waals surface area contributed by atoms with Crippen LogP contribution in [0.3, 0.4) is 0 Å². The molecule has 0 aliphatic heterocycles. The molecule has 102 valence electrons. The van der Waals surface area contributed by atoms with Gasteiger partial charge in [-0.2, -0.15) is 5.10 Å². The molecule has 0 N–H and O–H groups in total. The van der Waals surface area contributed by atoms with Crippen LogP contribution in [-0.2, 0) is 0 Å². The van der Waals surface area contributed by atoms with Gasteiger partial charge in [0.25, 0.3) is 5.91 Å². The standard InChI is InChI=1S/C16H17N3O/c1-3-10-18(11-4-2)16(20)14-12-17-19(13-14)15-8-6-5-7-9-15/h3-9,12-13H,1-2,10-11H2. The van der Waals surface area contributed by atoms with Crippen LogP contribution in [-0.4, -0.2) is 33.7 Å². The Kier molecular flexibility index (Phi) is 4.50. The lowest BCUT2D eigenvalue weighted by Gasteiger charge is -2.18. The van der Waals surface area contributed by atoms with Gasteiger partial charge < -0.3 is 4.90 Å². The summed E-state index contributed by atoms with van der Waals surface area (Å²) in [6.45, 7) is 8.30. The average Bonchev–Trinajstić information content (AvgIpc) is 2.97. The lowest BCUT2D eigenvalue weighted by molar-refractivity contribution is 0.0791. The van der Waals surface area contributed by atoms with Gasteiger partial charge in [-0.1, -0.05) is 30.4 Å². The summed E-state index contributed by atoms with van der Waals surface area (Å²) >= 11 is 0. The van der Waals surface area contributed by atoms with Crippen LogP contribution in [0.4, 0.5) is 0 Å². The van der Waals surface area contributed by atoms with E-state index in [-0.39, 0.29) is 5.91 Å². The molecule has 1 amide bonds. The molecule has 2 aromatic rings. The second-order valence-corrected chi connectivity index (χ2v) is 4.30. The molecule has 0 fully saturated rings. The Morgan fingerprint density at radius 1 is 1.20 bits per heavy atom. The summed E-state index contributed by atoms with van der Waals surface area (Å²) in [7, 11) is 0. The predicted molar refractivity (Wildman–Crippen MR) is 79.9 cm³/mol. The Morgan fingerprint density at radius 3 is 2.45 bits per heavy atom. The highest BCUT2D eigenvalue weighted by Gasteiger charge is 2.15. The van der Waals surface area contributed by atoms with Crippen LogP contribution in [0.2, 0.25) is 0 Å². The van der Waals surface area contributed by atoms with E-state index in [1.54, 1.807) is 34.1 Å². The van der Waals surface area contributed by atoms with Crippen LogP contribution < -0.4 is 0 Å².